The zero-order valence-corrected chi connectivity index (χ0v) is 17.0. The average Bonchev–Trinajstić information content (AvgIpc) is 2.73. The molecule has 2 heterocycles. The van der Waals surface area contributed by atoms with Gasteiger partial charge in [0.15, 0.2) is 12.6 Å². The van der Waals surface area contributed by atoms with Crippen LogP contribution in [-0.4, -0.2) is 39.0 Å². The molecule has 0 unspecified atom stereocenters. The van der Waals surface area contributed by atoms with Gasteiger partial charge in [0.1, 0.15) is 0 Å². The Morgan fingerprint density at radius 2 is 1.52 bits per heavy atom. The van der Waals surface area contributed by atoms with Crippen molar-refractivity contribution in [3.05, 3.63) is 35.4 Å². The standard InChI is InChI=1S/C22H31F3O4/c1-2-3-4-5-17-12-28-21(29-13-17)18-14-26-20(27-15-18)11-8-16-6-9-19(10-7-16)22(23,24)25/h6-7,9-10,17-18,20-21H,2-5,8,11-15H2,1H3/t17-,18-,20-,21-. The first-order valence-corrected chi connectivity index (χ1v) is 10.6. The summed E-state index contributed by atoms with van der Waals surface area (Å²) in [5.74, 6) is 0.522. The molecule has 0 N–H and O–H groups in total. The number of benzene rings is 1. The van der Waals surface area contributed by atoms with E-state index in [1.807, 2.05) is 0 Å². The topological polar surface area (TPSA) is 36.9 Å². The van der Waals surface area contributed by atoms with Crippen LogP contribution in [-0.2, 0) is 31.5 Å². The number of halogens is 3. The summed E-state index contributed by atoms with van der Waals surface area (Å²) < 4.78 is 61.2. The molecule has 2 saturated heterocycles. The predicted molar refractivity (Wildman–Crippen MR) is 102 cm³/mol. The first-order chi connectivity index (χ1) is 14.0. The lowest BCUT2D eigenvalue weighted by Gasteiger charge is -2.37. The summed E-state index contributed by atoms with van der Waals surface area (Å²) in [7, 11) is 0. The second-order valence-corrected chi connectivity index (χ2v) is 7.99. The number of hydrogen-bond acceptors (Lipinski definition) is 4. The van der Waals surface area contributed by atoms with Crippen molar-refractivity contribution in [3.8, 4) is 0 Å². The van der Waals surface area contributed by atoms with E-state index in [1.165, 1.54) is 31.4 Å². The lowest BCUT2D eigenvalue weighted by Crippen LogP contribution is -2.44. The molecule has 0 aliphatic carbocycles. The Morgan fingerprint density at radius 1 is 0.862 bits per heavy atom. The minimum atomic E-state index is -4.30. The second-order valence-electron chi connectivity index (χ2n) is 7.99. The molecule has 3 rings (SSSR count). The molecule has 0 amide bonds. The third kappa shape index (κ3) is 6.95. The van der Waals surface area contributed by atoms with E-state index in [1.54, 1.807) is 0 Å². The van der Waals surface area contributed by atoms with Gasteiger partial charge in [-0.1, -0.05) is 38.3 Å². The van der Waals surface area contributed by atoms with E-state index < -0.39 is 11.7 Å². The lowest BCUT2D eigenvalue weighted by molar-refractivity contribution is -0.281. The molecule has 0 atom stereocenters. The minimum absolute atomic E-state index is 0.0499. The van der Waals surface area contributed by atoms with Gasteiger partial charge in [-0.05, 0) is 30.5 Å². The van der Waals surface area contributed by atoms with E-state index in [-0.39, 0.29) is 18.5 Å². The minimum Gasteiger partial charge on any atom is -0.352 e. The number of aryl methyl sites for hydroxylation is 1. The predicted octanol–water partition coefficient (Wildman–Crippen LogP) is 5.20. The maximum absolute atomic E-state index is 12.6. The maximum Gasteiger partial charge on any atom is 0.416 e. The Balaban J connectivity index is 1.34. The fourth-order valence-corrected chi connectivity index (χ4v) is 3.71. The summed E-state index contributed by atoms with van der Waals surface area (Å²) in [5.41, 5.74) is 0.203. The fraction of sp³-hybridized carbons (Fsp3) is 0.727. The molecule has 29 heavy (non-hydrogen) atoms. The van der Waals surface area contributed by atoms with Crippen LogP contribution < -0.4 is 0 Å². The van der Waals surface area contributed by atoms with Gasteiger partial charge in [0, 0.05) is 12.3 Å². The molecule has 0 bridgehead atoms. The number of hydrogen-bond donors (Lipinski definition) is 0. The average molecular weight is 416 g/mol. The van der Waals surface area contributed by atoms with Crippen LogP contribution in [0.4, 0.5) is 13.2 Å². The molecule has 2 aliphatic heterocycles. The fourth-order valence-electron chi connectivity index (χ4n) is 3.71. The van der Waals surface area contributed by atoms with Crippen LogP contribution in [0.15, 0.2) is 24.3 Å². The van der Waals surface area contributed by atoms with E-state index >= 15 is 0 Å². The molecule has 0 aromatic heterocycles. The Morgan fingerprint density at radius 3 is 2.10 bits per heavy atom. The number of alkyl halides is 3. The van der Waals surface area contributed by atoms with Gasteiger partial charge in [0.25, 0.3) is 0 Å². The van der Waals surface area contributed by atoms with Crippen LogP contribution in [0.1, 0.15) is 50.2 Å². The summed E-state index contributed by atoms with van der Waals surface area (Å²) >= 11 is 0. The smallest absolute Gasteiger partial charge is 0.352 e. The van der Waals surface area contributed by atoms with Gasteiger partial charge >= 0.3 is 6.18 Å². The molecule has 0 spiro atoms. The molecule has 2 aliphatic rings. The maximum atomic E-state index is 12.6. The van der Waals surface area contributed by atoms with Crippen LogP contribution in [0.3, 0.4) is 0 Å². The van der Waals surface area contributed by atoms with Gasteiger partial charge in [-0.2, -0.15) is 13.2 Å². The van der Waals surface area contributed by atoms with E-state index in [2.05, 4.69) is 6.92 Å². The highest BCUT2D eigenvalue weighted by atomic mass is 19.4. The van der Waals surface area contributed by atoms with Crippen molar-refractivity contribution in [3.63, 3.8) is 0 Å². The summed E-state index contributed by atoms with van der Waals surface area (Å²) in [6.07, 6.45) is 1.09. The number of unbranched alkanes of at least 4 members (excludes halogenated alkanes) is 2. The Bertz CT molecular complexity index is 589. The molecule has 164 valence electrons. The number of ether oxygens (including phenoxy) is 4. The highest BCUT2D eigenvalue weighted by molar-refractivity contribution is 5.24. The van der Waals surface area contributed by atoms with Crippen LogP contribution in [0, 0.1) is 11.8 Å². The van der Waals surface area contributed by atoms with Crippen LogP contribution in [0.5, 0.6) is 0 Å². The van der Waals surface area contributed by atoms with Gasteiger partial charge in [-0.15, -0.1) is 0 Å². The van der Waals surface area contributed by atoms with Gasteiger partial charge in [0.05, 0.1) is 37.9 Å². The van der Waals surface area contributed by atoms with Crippen LogP contribution in [0.25, 0.3) is 0 Å². The van der Waals surface area contributed by atoms with Crippen molar-refractivity contribution in [1.29, 1.82) is 0 Å². The van der Waals surface area contributed by atoms with Crippen molar-refractivity contribution in [2.24, 2.45) is 11.8 Å². The quantitative estimate of drug-likeness (QED) is 0.546. The molecule has 1 aromatic carbocycles. The van der Waals surface area contributed by atoms with E-state index in [4.69, 9.17) is 18.9 Å². The lowest BCUT2D eigenvalue weighted by atomic mass is 10.0. The molecule has 0 radical (unpaired) electrons. The molecule has 7 heteroatoms. The normalized spacial score (nSPS) is 28.4. The summed E-state index contributed by atoms with van der Waals surface area (Å²) in [4.78, 5) is 0. The third-order valence-electron chi connectivity index (χ3n) is 5.54. The highest BCUT2D eigenvalue weighted by Gasteiger charge is 2.33. The largest absolute Gasteiger partial charge is 0.416 e. The third-order valence-corrected chi connectivity index (χ3v) is 5.54. The molecule has 0 saturated carbocycles. The monoisotopic (exact) mass is 416 g/mol. The molecule has 4 nitrogen and oxygen atoms in total. The van der Waals surface area contributed by atoms with Crippen molar-refractivity contribution < 1.29 is 32.1 Å². The van der Waals surface area contributed by atoms with E-state index in [0.29, 0.717) is 32.0 Å². The summed E-state index contributed by atoms with van der Waals surface area (Å²) in [6.45, 7) is 4.65. The van der Waals surface area contributed by atoms with Crippen LogP contribution in [0.2, 0.25) is 0 Å². The summed E-state index contributed by atoms with van der Waals surface area (Å²) in [6, 6.07) is 5.24. The summed E-state index contributed by atoms with van der Waals surface area (Å²) in [5, 5.41) is 0. The number of rotatable bonds is 8. The molecular formula is C22H31F3O4. The molecule has 1 aromatic rings. The van der Waals surface area contributed by atoms with Gasteiger partial charge < -0.3 is 18.9 Å². The van der Waals surface area contributed by atoms with Gasteiger partial charge in [-0.3, -0.25) is 0 Å². The first kappa shape index (κ1) is 22.5. The zero-order chi connectivity index (χ0) is 20.7. The molecular weight excluding hydrogens is 385 g/mol. The van der Waals surface area contributed by atoms with Gasteiger partial charge in [0.2, 0.25) is 0 Å². The van der Waals surface area contributed by atoms with Crippen molar-refractivity contribution in [2.45, 2.75) is 64.2 Å². The SMILES string of the molecule is CCCCC[C@H]1CO[C@H]([C@H]2CO[C@H](CCc3ccc(C(F)(F)F)cc3)OC2)OC1. The highest BCUT2D eigenvalue weighted by Crippen LogP contribution is 2.30. The van der Waals surface area contributed by atoms with Gasteiger partial charge in [-0.25, -0.2) is 0 Å². The Hall–Kier alpha value is -1.15. The second kappa shape index (κ2) is 10.8. The Kier molecular flexibility index (Phi) is 8.35. The first-order valence-electron chi connectivity index (χ1n) is 10.6. The van der Waals surface area contributed by atoms with Crippen molar-refractivity contribution >= 4 is 0 Å². The van der Waals surface area contributed by atoms with Crippen molar-refractivity contribution in [2.75, 3.05) is 26.4 Å². The van der Waals surface area contributed by atoms with E-state index in [0.717, 1.165) is 37.3 Å². The zero-order valence-electron chi connectivity index (χ0n) is 17.0. The van der Waals surface area contributed by atoms with Crippen LogP contribution >= 0.6 is 0 Å². The Labute approximate surface area is 170 Å². The molecule has 2 fully saturated rings. The van der Waals surface area contributed by atoms with E-state index in [9.17, 15) is 13.2 Å². The van der Waals surface area contributed by atoms with Crippen molar-refractivity contribution in [1.82, 2.24) is 0 Å².